The van der Waals surface area contributed by atoms with Gasteiger partial charge < -0.3 is 15.0 Å². The van der Waals surface area contributed by atoms with Crippen molar-refractivity contribution in [3.8, 4) is 0 Å². The number of halogens is 1. The van der Waals surface area contributed by atoms with E-state index in [2.05, 4.69) is 5.32 Å². The van der Waals surface area contributed by atoms with Gasteiger partial charge in [0.25, 0.3) is 5.91 Å². The van der Waals surface area contributed by atoms with E-state index in [4.69, 9.17) is 16.3 Å². The first-order valence-electron chi connectivity index (χ1n) is 11.6. The molecule has 8 heteroatoms. The fraction of sp³-hybridized carbons (Fsp3) is 0.214. The summed E-state index contributed by atoms with van der Waals surface area (Å²) in [5.74, 6) is -2.22. The summed E-state index contributed by atoms with van der Waals surface area (Å²) in [5, 5.41) is 3.42. The summed E-state index contributed by atoms with van der Waals surface area (Å²) in [6, 6.07) is 20.6. The van der Waals surface area contributed by atoms with Crippen LogP contribution in [0.2, 0.25) is 5.02 Å². The molecule has 1 aliphatic heterocycles. The molecule has 36 heavy (non-hydrogen) atoms. The molecule has 0 spiro atoms. The Balaban J connectivity index is 1.38. The molecular formula is C28H25ClN2O5. The van der Waals surface area contributed by atoms with E-state index in [0.717, 1.165) is 17.7 Å². The van der Waals surface area contributed by atoms with Gasteiger partial charge in [0.1, 0.15) is 0 Å². The maximum absolute atomic E-state index is 12.9. The summed E-state index contributed by atoms with van der Waals surface area (Å²) >= 11 is 5.83. The highest BCUT2D eigenvalue weighted by Crippen LogP contribution is 2.27. The largest absolute Gasteiger partial charge is 0.457 e. The predicted molar refractivity (Wildman–Crippen MR) is 137 cm³/mol. The average molecular weight is 505 g/mol. The maximum Gasteiger partial charge on any atom is 0.311 e. The number of hydrogen-bond donors (Lipinski definition) is 1. The van der Waals surface area contributed by atoms with Crippen molar-refractivity contribution < 1.29 is 23.9 Å². The summed E-state index contributed by atoms with van der Waals surface area (Å²) in [6.07, 6.45) is 0.746. The third kappa shape index (κ3) is 5.80. The lowest BCUT2D eigenvalue weighted by molar-refractivity contribution is -0.147. The Hall–Kier alpha value is -3.97. The zero-order chi connectivity index (χ0) is 25.7. The lowest BCUT2D eigenvalue weighted by Gasteiger charge is -2.17. The first-order valence-corrected chi connectivity index (χ1v) is 12.0. The minimum atomic E-state index is -0.704. The number of Topliss-reactive ketones (excluding diaryl/α,β-unsaturated/α-hetero) is 1. The van der Waals surface area contributed by atoms with Crippen molar-refractivity contribution in [1.29, 1.82) is 0 Å². The molecule has 0 radical (unpaired) electrons. The summed E-state index contributed by atoms with van der Waals surface area (Å²) in [7, 11) is 0. The van der Waals surface area contributed by atoms with E-state index in [1.807, 2.05) is 31.2 Å². The highest BCUT2D eigenvalue weighted by Gasteiger charge is 2.36. The molecule has 0 bridgehead atoms. The van der Waals surface area contributed by atoms with E-state index in [-0.39, 0.29) is 30.6 Å². The Bertz CT molecular complexity index is 1310. The fourth-order valence-corrected chi connectivity index (χ4v) is 4.17. The molecule has 2 amide bonds. The molecule has 0 aliphatic carbocycles. The number of benzene rings is 3. The number of anilines is 2. The van der Waals surface area contributed by atoms with Gasteiger partial charge in [-0.25, -0.2) is 0 Å². The van der Waals surface area contributed by atoms with Crippen molar-refractivity contribution in [2.24, 2.45) is 5.92 Å². The molecule has 0 unspecified atom stereocenters. The van der Waals surface area contributed by atoms with Crippen LogP contribution in [0.3, 0.4) is 0 Å². The van der Waals surface area contributed by atoms with Gasteiger partial charge in [0.15, 0.2) is 12.4 Å². The number of nitrogens with zero attached hydrogens (tertiary/aromatic N) is 1. The van der Waals surface area contributed by atoms with E-state index < -0.39 is 18.5 Å². The first-order chi connectivity index (χ1) is 17.4. The van der Waals surface area contributed by atoms with Crippen molar-refractivity contribution in [3.05, 3.63) is 94.5 Å². The average Bonchev–Trinajstić information content (AvgIpc) is 3.29. The number of ether oxygens (including phenoxy) is 1. The second-order valence-corrected chi connectivity index (χ2v) is 8.89. The van der Waals surface area contributed by atoms with E-state index in [1.54, 1.807) is 48.5 Å². The zero-order valence-electron chi connectivity index (χ0n) is 19.7. The monoisotopic (exact) mass is 504 g/mol. The van der Waals surface area contributed by atoms with E-state index in [1.165, 1.54) is 4.90 Å². The fourth-order valence-electron chi connectivity index (χ4n) is 4.05. The highest BCUT2D eigenvalue weighted by molar-refractivity contribution is 6.30. The standard InChI is InChI=1S/C28H25ClN2O5/c1-2-18-6-3-4-9-24(18)30-27(34)20-7-5-8-23(14-20)31-16-21(15-26(31)33)28(35)36-17-25(32)19-10-12-22(29)13-11-19/h3-14,21H,2,15-17H2,1H3,(H,30,34)/t21-/m1/s1. The third-order valence-corrected chi connectivity index (χ3v) is 6.29. The normalized spacial score (nSPS) is 15.0. The van der Waals surface area contributed by atoms with Crippen LogP contribution >= 0.6 is 11.6 Å². The number of hydrogen-bond acceptors (Lipinski definition) is 5. The van der Waals surface area contributed by atoms with Crippen LogP contribution in [0.1, 0.15) is 39.6 Å². The van der Waals surface area contributed by atoms with Crippen LogP contribution in [0.25, 0.3) is 0 Å². The van der Waals surface area contributed by atoms with Crippen LogP contribution in [-0.2, 0) is 20.7 Å². The van der Waals surface area contributed by atoms with Crippen LogP contribution in [0.5, 0.6) is 0 Å². The summed E-state index contributed by atoms with van der Waals surface area (Å²) in [6.45, 7) is 1.70. The van der Waals surface area contributed by atoms with E-state index >= 15 is 0 Å². The molecule has 4 rings (SSSR count). The van der Waals surface area contributed by atoms with Crippen molar-refractivity contribution in [3.63, 3.8) is 0 Å². The molecule has 1 heterocycles. The summed E-state index contributed by atoms with van der Waals surface area (Å²) in [5.41, 5.74) is 3.05. The van der Waals surface area contributed by atoms with Gasteiger partial charge in [0.05, 0.1) is 5.92 Å². The first kappa shape index (κ1) is 25.1. The number of ketones is 1. The lowest BCUT2D eigenvalue weighted by Crippen LogP contribution is -2.27. The second kappa shape index (κ2) is 11.2. The van der Waals surface area contributed by atoms with Crippen molar-refractivity contribution in [2.45, 2.75) is 19.8 Å². The maximum atomic E-state index is 12.9. The van der Waals surface area contributed by atoms with Gasteiger partial charge in [-0.05, 0) is 60.5 Å². The topological polar surface area (TPSA) is 92.8 Å². The van der Waals surface area contributed by atoms with Gasteiger partial charge >= 0.3 is 5.97 Å². The van der Waals surface area contributed by atoms with Gasteiger partial charge in [-0.3, -0.25) is 19.2 Å². The van der Waals surface area contributed by atoms with Crippen LogP contribution in [0, 0.1) is 5.92 Å². The number of aryl methyl sites for hydroxylation is 1. The van der Waals surface area contributed by atoms with Crippen molar-refractivity contribution in [2.75, 3.05) is 23.4 Å². The number of rotatable bonds is 8. The Kier molecular flexibility index (Phi) is 7.80. The van der Waals surface area contributed by atoms with Gasteiger partial charge in [-0.15, -0.1) is 0 Å². The lowest BCUT2D eigenvalue weighted by atomic mass is 10.1. The van der Waals surface area contributed by atoms with Crippen LogP contribution in [-0.4, -0.2) is 36.7 Å². The Morgan fingerprint density at radius 3 is 2.50 bits per heavy atom. The minimum absolute atomic E-state index is 0.0335. The number of carbonyl (C=O) groups is 4. The molecule has 0 aromatic heterocycles. The number of carbonyl (C=O) groups excluding carboxylic acids is 4. The molecule has 1 fully saturated rings. The number of amides is 2. The molecule has 1 N–H and O–H groups in total. The minimum Gasteiger partial charge on any atom is -0.457 e. The molecule has 184 valence electrons. The molecule has 1 atom stereocenters. The summed E-state index contributed by atoms with van der Waals surface area (Å²) < 4.78 is 5.19. The zero-order valence-corrected chi connectivity index (χ0v) is 20.5. The van der Waals surface area contributed by atoms with E-state index in [0.29, 0.717) is 21.8 Å². The quantitative estimate of drug-likeness (QED) is 0.346. The second-order valence-electron chi connectivity index (χ2n) is 8.46. The van der Waals surface area contributed by atoms with Crippen LogP contribution in [0.15, 0.2) is 72.8 Å². The van der Waals surface area contributed by atoms with Crippen LogP contribution < -0.4 is 10.2 Å². The third-order valence-electron chi connectivity index (χ3n) is 6.04. The molecule has 1 aliphatic rings. The van der Waals surface area contributed by atoms with Gasteiger partial charge in [-0.1, -0.05) is 42.8 Å². The van der Waals surface area contributed by atoms with Gasteiger partial charge in [0.2, 0.25) is 5.91 Å². The van der Waals surface area contributed by atoms with Gasteiger partial charge in [-0.2, -0.15) is 0 Å². The number of nitrogens with one attached hydrogen (secondary N) is 1. The summed E-state index contributed by atoms with van der Waals surface area (Å²) in [4.78, 5) is 51.8. The Morgan fingerprint density at radius 2 is 1.75 bits per heavy atom. The van der Waals surface area contributed by atoms with Crippen molar-refractivity contribution in [1.82, 2.24) is 0 Å². The molecule has 7 nitrogen and oxygen atoms in total. The van der Waals surface area contributed by atoms with Gasteiger partial charge in [0, 0.05) is 40.5 Å². The Labute approximate surface area is 214 Å². The SMILES string of the molecule is CCc1ccccc1NC(=O)c1cccc(N2C[C@H](C(=O)OCC(=O)c3ccc(Cl)cc3)CC2=O)c1. The van der Waals surface area contributed by atoms with Crippen LogP contribution in [0.4, 0.5) is 11.4 Å². The van der Waals surface area contributed by atoms with Crippen molar-refractivity contribution >= 4 is 46.5 Å². The predicted octanol–water partition coefficient (Wildman–Crippen LogP) is 4.93. The van der Waals surface area contributed by atoms with E-state index in [9.17, 15) is 19.2 Å². The molecule has 1 saturated heterocycles. The number of esters is 1. The Morgan fingerprint density at radius 1 is 1.00 bits per heavy atom. The molecule has 3 aromatic carbocycles. The smallest absolute Gasteiger partial charge is 0.311 e. The molecular weight excluding hydrogens is 480 g/mol. The highest BCUT2D eigenvalue weighted by atomic mass is 35.5. The number of para-hydroxylation sites is 1. The molecule has 3 aromatic rings. The molecule has 0 saturated carbocycles.